The highest BCUT2D eigenvalue weighted by Gasteiger charge is 2.06. The summed E-state index contributed by atoms with van der Waals surface area (Å²) in [4.78, 5) is 0. The quantitative estimate of drug-likeness (QED) is 0.475. The summed E-state index contributed by atoms with van der Waals surface area (Å²) in [5.41, 5.74) is 0.550. The highest BCUT2D eigenvalue weighted by Crippen LogP contribution is 2.19. The number of rotatable bonds is 1. The number of hydrogen-bond acceptors (Lipinski definition) is 0. The Morgan fingerprint density at radius 2 is 1.57 bits per heavy atom. The molecule has 0 heterocycles. The van der Waals surface area contributed by atoms with E-state index >= 15 is 0 Å². The highest BCUT2D eigenvalue weighted by atomic mass is 14.1. The van der Waals surface area contributed by atoms with Crippen LogP contribution >= 0.6 is 0 Å². The summed E-state index contributed by atoms with van der Waals surface area (Å²) in [6.45, 7) is 9.05. The first-order valence-electron chi connectivity index (χ1n) is 3.06. The van der Waals surface area contributed by atoms with Crippen LogP contribution < -0.4 is 0 Å². The van der Waals surface area contributed by atoms with Gasteiger partial charge in [-0.3, -0.25) is 0 Å². The lowest BCUT2D eigenvalue weighted by Crippen LogP contribution is -2.02. The first-order chi connectivity index (χ1) is 3.06. The lowest BCUT2D eigenvalue weighted by atomic mass is 9.91. The van der Waals surface area contributed by atoms with Crippen molar-refractivity contribution in [1.29, 1.82) is 0 Å². The zero-order valence-corrected chi connectivity index (χ0v) is 5.91. The van der Waals surface area contributed by atoms with Crippen LogP contribution in [0.5, 0.6) is 0 Å². The SMILES string of the molecule is CCCC(C)(C)C. The zero-order chi connectivity index (χ0) is 5.91. The molecule has 0 radical (unpaired) electrons. The first-order valence-corrected chi connectivity index (χ1v) is 3.06. The summed E-state index contributed by atoms with van der Waals surface area (Å²) in [7, 11) is 0. The lowest BCUT2D eigenvalue weighted by molar-refractivity contribution is 0.373. The summed E-state index contributed by atoms with van der Waals surface area (Å²) in [6.07, 6.45) is 2.65. The third-order valence-electron chi connectivity index (χ3n) is 1.000. The normalized spacial score (nSPS) is 12.0. The Labute approximate surface area is 46.9 Å². The van der Waals surface area contributed by atoms with Crippen LogP contribution in [-0.4, -0.2) is 0 Å². The molecular formula is C7H16. The number of hydrogen-bond donors (Lipinski definition) is 0. The molecule has 0 aromatic heterocycles. The summed E-state index contributed by atoms with van der Waals surface area (Å²) in [5, 5.41) is 0. The second-order valence-electron chi connectivity index (χ2n) is 3.31. The van der Waals surface area contributed by atoms with Crippen LogP contribution in [0.2, 0.25) is 0 Å². The van der Waals surface area contributed by atoms with Crippen molar-refractivity contribution in [1.82, 2.24) is 0 Å². The smallest absolute Gasteiger partial charge is 0.0383 e. The lowest BCUT2D eigenvalue weighted by Gasteiger charge is -2.15. The fraction of sp³-hybridized carbons (Fsp3) is 1.00. The second kappa shape index (κ2) is 2.34. The van der Waals surface area contributed by atoms with Gasteiger partial charge in [0, 0.05) is 0 Å². The van der Waals surface area contributed by atoms with Crippen LogP contribution in [0.1, 0.15) is 40.5 Å². The Morgan fingerprint density at radius 3 is 1.57 bits per heavy atom. The molecule has 0 unspecified atom stereocenters. The maximum Gasteiger partial charge on any atom is -0.0383 e. The molecule has 7 heavy (non-hydrogen) atoms. The molecule has 0 aromatic rings. The summed E-state index contributed by atoms with van der Waals surface area (Å²) >= 11 is 0. The van der Waals surface area contributed by atoms with E-state index in [9.17, 15) is 0 Å². The van der Waals surface area contributed by atoms with Gasteiger partial charge in [0.1, 0.15) is 0 Å². The van der Waals surface area contributed by atoms with Crippen molar-refractivity contribution in [2.45, 2.75) is 40.5 Å². The Hall–Kier alpha value is 0. The topological polar surface area (TPSA) is 0 Å². The fourth-order valence-electron chi connectivity index (χ4n) is 0.750. The van der Waals surface area contributed by atoms with Crippen molar-refractivity contribution < 1.29 is 0 Å². The first kappa shape index (κ1) is 7.00. The minimum Gasteiger partial charge on any atom is -0.0654 e. The van der Waals surface area contributed by atoms with Crippen LogP contribution in [0.15, 0.2) is 0 Å². The van der Waals surface area contributed by atoms with Gasteiger partial charge in [-0.2, -0.15) is 0 Å². The van der Waals surface area contributed by atoms with Gasteiger partial charge in [0.2, 0.25) is 0 Å². The molecule has 0 saturated heterocycles. The third kappa shape index (κ3) is 6.00. The maximum absolute atomic E-state index is 2.27. The van der Waals surface area contributed by atoms with Gasteiger partial charge in [0.25, 0.3) is 0 Å². The minimum atomic E-state index is 0.550. The molecule has 0 nitrogen and oxygen atoms in total. The molecule has 0 aliphatic carbocycles. The van der Waals surface area contributed by atoms with Crippen LogP contribution in [0, 0.1) is 5.41 Å². The van der Waals surface area contributed by atoms with E-state index in [2.05, 4.69) is 27.7 Å². The van der Waals surface area contributed by atoms with E-state index in [-0.39, 0.29) is 0 Å². The van der Waals surface area contributed by atoms with Crippen LogP contribution in [0.4, 0.5) is 0 Å². The van der Waals surface area contributed by atoms with Crippen LogP contribution in [0.25, 0.3) is 0 Å². The molecule has 0 N–H and O–H groups in total. The van der Waals surface area contributed by atoms with Gasteiger partial charge in [-0.25, -0.2) is 0 Å². The van der Waals surface area contributed by atoms with Crippen LogP contribution in [-0.2, 0) is 0 Å². The molecule has 0 aliphatic rings. The zero-order valence-electron chi connectivity index (χ0n) is 5.91. The molecule has 0 atom stereocenters. The van der Waals surface area contributed by atoms with E-state index in [1.54, 1.807) is 0 Å². The van der Waals surface area contributed by atoms with Crippen molar-refractivity contribution >= 4 is 0 Å². The average molecular weight is 100 g/mol. The fourth-order valence-corrected chi connectivity index (χ4v) is 0.750. The van der Waals surface area contributed by atoms with Crippen LogP contribution in [0.3, 0.4) is 0 Å². The van der Waals surface area contributed by atoms with Crippen molar-refractivity contribution in [3.05, 3.63) is 0 Å². The molecular weight excluding hydrogens is 84.1 g/mol. The van der Waals surface area contributed by atoms with E-state index in [1.807, 2.05) is 0 Å². The minimum absolute atomic E-state index is 0.550. The average Bonchev–Trinajstić information content (AvgIpc) is 1.30. The Balaban J connectivity index is 3.15. The van der Waals surface area contributed by atoms with Gasteiger partial charge in [-0.05, 0) is 11.8 Å². The van der Waals surface area contributed by atoms with Gasteiger partial charge in [0.15, 0.2) is 0 Å². The largest absolute Gasteiger partial charge is 0.0654 e. The van der Waals surface area contributed by atoms with E-state index in [1.165, 1.54) is 12.8 Å². The standard InChI is InChI=1S/C7H16/c1-5-6-7(2,3)4/h5-6H2,1-4H3. The molecule has 44 valence electrons. The molecule has 0 bridgehead atoms. The molecule has 0 rings (SSSR count). The van der Waals surface area contributed by atoms with E-state index < -0.39 is 0 Å². The predicted octanol–water partition coefficient (Wildman–Crippen LogP) is 2.83. The Kier molecular flexibility index (Phi) is 2.34. The van der Waals surface area contributed by atoms with E-state index in [4.69, 9.17) is 0 Å². The predicted molar refractivity (Wildman–Crippen MR) is 34.4 cm³/mol. The van der Waals surface area contributed by atoms with Crippen molar-refractivity contribution in [3.63, 3.8) is 0 Å². The Bertz CT molecular complexity index is 38.5. The maximum atomic E-state index is 2.27. The van der Waals surface area contributed by atoms with Gasteiger partial charge in [-0.1, -0.05) is 34.1 Å². The Morgan fingerprint density at radius 1 is 1.14 bits per heavy atom. The molecule has 0 aromatic carbocycles. The molecule has 0 aliphatic heterocycles. The molecule has 0 spiro atoms. The van der Waals surface area contributed by atoms with Gasteiger partial charge >= 0.3 is 0 Å². The van der Waals surface area contributed by atoms with E-state index in [0.717, 1.165) is 0 Å². The second-order valence-corrected chi connectivity index (χ2v) is 3.31. The summed E-state index contributed by atoms with van der Waals surface area (Å²) < 4.78 is 0. The van der Waals surface area contributed by atoms with Crippen molar-refractivity contribution in [2.75, 3.05) is 0 Å². The summed E-state index contributed by atoms with van der Waals surface area (Å²) in [6, 6.07) is 0. The van der Waals surface area contributed by atoms with Crippen molar-refractivity contribution in [3.8, 4) is 0 Å². The summed E-state index contributed by atoms with van der Waals surface area (Å²) in [5.74, 6) is 0. The third-order valence-corrected chi connectivity index (χ3v) is 1.000. The van der Waals surface area contributed by atoms with Gasteiger partial charge < -0.3 is 0 Å². The van der Waals surface area contributed by atoms with E-state index in [0.29, 0.717) is 5.41 Å². The highest BCUT2D eigenvalue weighted by molar-refractivity contribution is 4.58. The molecule has 0 fully saturated rings. The van der Waals surface area contributed by atoms with Gasteiger partial charge in [-0.15, -0.1) is 0 Å². The molecule has 0 amide bonds. The van der Waals surface area contributed by atoms with Crippen molar-refractivity contribution in [2.24, 2.45) is 5.41 Å². The molecule has 0 heteroatoms. The molecule has 0 saturated carbocycles. The van der Waals surface area contributed by atoms with Gasteiger partial charge in [0.05, 0.1) is 0 Å². The monoisotopic (exact) mass is 100 g/mol.